The number of carbonyl (C=O) groups excluding carboxylic acids is 1. The van der Waals surface area contributed by atoms with E-state index in [1.165, 1.54) is 22.3 Å². The minimum absolute atomic E-state index is 0.130. The number of rotatable bonds is 8. The van der Waals surface area contributed by atoms with Gasteiger partial charge in [-0.15, -0.1) is 0 Å². The zero-order chi connectivity index (χ0) is 24.0. The molecule has 9 heteroatoms. The summed E-state index contributed by atoms with van der Waals surface area (Å²) in [5.74, 6) is -0.130. The van der Waals surface area contributed by atoms with Crippen molar-refractivity contribution in [3.05, 3.63) is 90.1 Å². The number of morpholine rings is 1. The van der Waals surface area contributed by atoms with Gasteiger partial charge in [0, 0.05) is 19.3 Å². The van der Waals surface area contributed by atoms with Gasteiger partial charge in [-0.3, -0.25) is 4.79 Å². The second-order valence-electron chi connectivity index (χ2n) is 7.87. The SMILES string of the molecule is CC(Sc1ccc(S(=O)(=O)N2CCOCC2)cn1)C(=O)NC(c1ccccc1)c1ccccc1. The Balaban J connectivity index is 1.43. The van der Waals surface area contributed by atoms with Crippen LogP contribution in [0.4, 0.5) is 0 Å². The normalized spacial score (nSPS) is 15.7. The van der Waals surface area contributed by atoms with Crippen molar-refractivity contribution in [2.45, 2.75) is 28.1 Å². The molecule has 1 aliphatic heterocycles. The number of hydrogen-bond acceptors (Lipinski definition) is 6. The van der Waals surface area contributed by atoms with E-state index in [9.17, 15) is 13.2 Å². The van der Waals surface area contributed by atoms with E-state index in [-0.39, 0.29) is 16.8 Å². The quantitative estimate of drug-likeness (QED) is 0.480. The molecule has 1 N–H and O–H groups in total. The second-order valence-corrected chi connectivity index (χ2v) is 11.2. The second kappa shape index (κ2) is 11.1. The molecule has 1 atom stereocenters. The third kappa shape index (κ3) is 5.85. The summed E-state index contributed by atoms with van der Waals surface area (Å²) in [6.45, 7) is 3.26. The summed E-state index contributed by atoms with van der Waals surface area (Å²) in [6, 6.07) is 22.6. The predicted molar refractivity (Wildman–Crippen MR) is 132 cm³/mol. The Kier molecular flexibility index (Phi) is 7.99. The average Bonchev–Trinajstić information content (AvgIpc) is 2.89. The number of nitrogens with zero attached hydrogens (tertiary/aromatic N) is 2. The third-order valence-electron chi connectivity index (χ3n) is 5.54. The lowest BCUT2D eigenvalue weighted by Crippen LogP contribution is -2.40. The Labute approximate surface area is 204 Å². The highest BCUT2D eigenvalue weighted by molar-refractivity contribution is 8.00. The Morgan fingerprint density at radius 1 is 0.971 bits per heavy atom. The molecule has 1 unspecified atom stereocenters. The number of amides is 1. The van der Waals surface area contributed by atoms with Crippen LogP contribution in [-0.2, 0) is 19.6 Å². The van der Waals surface area contributed by atoms with Gasteiger partial charge in [0.05, 0.1) is 29.5 Å². The fraction of sp³-hybridized carbons (Fsp3) is 0.280. The van der Waals surface area contributed by atoms with Crippen molar-refractivity contribution in [3.63, 3.8) is 0 Å². The Morgan fingerprint density at radius 2 is 1.56 bits per heavy atom. The van der Waals surface area contributed by atoms with Gasteiger partial charge in [0.2, 0.25) is 15.9 Å². The lowest BCUT2D eigenvalue weighted by atomic mass is 9.98. The van der Waals surface area contributed by atoms with E-state index in [1.54, 1.807) is 12.1 Å². The smallest absolute Gasteiger partial charge is 0.244 e. The summed E-state index contributed by atoms with van der Waals surface area (Å²) in [6.07, 6.45) is 1.36. The fourth-order valence-electron chi connectivity index (χ4n) is 3.67. The number of benzene rings is 2. The number of carbonyl (C=O) groups is 1. The molecule has 1 aromatic heterocycles. The Hall–Kier alpha value is -2.72. The van der Waals surface area contributed by atoms with Gasteiger partial charge < -0.3 is 10.1 Å². The minimum atomic E-state index is -3.60. The van der Waals surface area contributed by atoms with Crippen LogP contribution in [0.15, 0.2) is 88.9 Å². The molecule has 1 saturated heterocycles. The van der Waals surface area contributed by atoms with E-state index in [0.29, 0.717) is 31.3 Å². The van der Waals surface area contributed by atoms with Crippen LogP contribution in [0.25, 0.3) is 0 Å². The summed E-state index contributed by atoms with van der Waals surface area (Å²) in [5.41, 5.74) is 1.99. The highest BCUT2D eigenvalue weighted by Crippen LogP contribution is 2.26. The van der Waals surface area contributed by atoms with Crippen LogP contribution in [0.2, 0.25) is 0 Å². The van der Waals surface area contributed by atoms with Gasteiger partial charge in [-0.2, -0.15) is 4.31 Å². The van der Waals surface area contributed by atoms with Gasteiger partial charge in [-0.05, 0) is 30.2 Å². The van der Waals surface area contributed by atoms with E-state index >= 15 is 0 Å². The van der Waals surface area contributed by atoms with Crippen molar-refractivity contribution < 1.29 is 17.9 Å². The molecule has 3 aromatic rings. The van der Waals surface area contributed by atoms with Gasteiger partial charge in [0.25, 0.3) is 0 Å². The van der Waals surface area contributed by atoms with Crippen LogP contribution in [0.1, 0.15) is 24.1 Å². The zero-order valence-corrected chi connectivity index (χ0v) is 20.5. The molecule has 0 aliphatic carbocycles. The van der Waals surface area contributed by atoms with E-state index in [4.69, 9.17) is 4.74 Å². The van der Waals surface area contributed by atoms with Crippen LogP contribution in [0, 0.1) is 0 Å². The number of hydrogen-bond donors (Lipinski definition) is 1. The highest BCUT2D eigenvalue weighted by Gasteiger charge is 2.27. The van der Waals surface area contributed by atoms with Gasteiger partial charge >= 0.3 is 0 Å². The van der Waals surface area contributed by atoms with E-state index < -0.39 is 15.3 Å². The first kappa shape index (κ1) is 24.4. The first-order chi connectivity index (χ1) is 16.4. The number of thioether (sulfide) groups is 1. The summed E-state index contributed by atoms with van der Waals surface area (Å²) in [4.78, 5) is 17.5. The topological polar surface area (TPSA) is 88.6 Å². The van der Waals surface area contributed by atoms with Gasteiger partial charge in [-0.1, -0.05) is 72.4 Å². The van der Waals surface area contributed by atoms with Crippen LogP contribution in [0.5, 0.6) is 0 Å². The molecule has 0 bridgehead atoms. The number of aromatic nitrogens is 1. The molecule has 34 heavy (non-hydrogen) atoms. The van der Waals surface area contributed by atoms with Crippen molar-refractivity contribution in [3.8, 4) is 0 Å². The van der Waals surface area contributed by atoms with Crippen LogP contribution < -0.4 is 5.32 Å². The molecule has 1 amide bonds. The maximum atomic E-state index is 13.1. The van der Waals surface area contributed by atoms with Crippen molar-refractivity contribution >= 4 is 27.7 Å². The molecule has 1 fully saturated rings. The van der Waals surface area contributed by atoms with E-state index in [0.717, 1.165) is 11.1 Å². The number of pyridine rings is 1. The molecule has 178 valence electrons. The minimum Gasteiger partial charge on any atom is -0.379 e. The monoisotopic (exact) mass is 497 g/mol. The molecule has 1 aliphatic rings. The number of nitrogens with one attached hydrogen (secondary N) is 1. The van der Waals surface area contributed by atoms with Crippen LogP contribution in [0.3, 0.4) is 0 Å². The lowest BCUT2D eigenvalue weighted by Gasteiger charge is -2.25. The molecule has 7 nitrogen and oxygen atoms in total. The summed E-state index contributed by atoms with van der Waals surface area (Å²) >= 11 is 1.29. The first-order valence-electron chi connectivity index (χ1n) is 11.1. The van der Waals surface area contributed by atoms with Crippen molar-refractivity contribution in [2.24, 2.45) is 0 Å². The molecule has 0 radical (unpaired) electrons. The Bertz CT molecular complexity index is 1140. The summed E-state index contributed by atoms with van der Waals surface area (Å²) < 4.78 is 32.2. The molecule has 2 aromatic carbocycles. The van der Waals surface area contributed by atoms with Crippen molar-refractivity contribution in [1.82, 2.24) is 14.6 Å². The largest absolute Gasteiger partial charge is 0.379 e. The van der Waals surface area contributed by atoms with Crippen LogP contribution in [-0.4, -0.2) is 55.2 Å². The lowest BCUT2D eigenvalue weighted by molar-refractivity contribution is -0.120. The Morgan fingerprint density at radius 3 is 2.09 bits per heavy atom. The van der Waals surface area contributed by atoms with Crippen molar-refractivity contribution in [1.29, 1.82) is 0 Å². The maximum absolute atomic E-state index is 13.1. The van der Waals surface area contributed by atoms with Crippen molar-refractivity contribution in [2.75, 3.05) is 26.3 Å². The van der Waals surface area contributed by atoms with Gasteiger partial charge in [0.15, 0.2) is 0 Å². The molecule has 0 spiro atoms. The zero-order valence-electron chi connectivity index (χ0n) is 18.8. The van der Waals surface area contributed by atoms with Crippen LogP contribution >= 0.6 is 11.8 Å². The highest BCUT2D eigenvalue weighted by atomic mass is 32.2. The molecule has 4 rings (SSSR count). The van der Waals surface area contributed by atoms with Gasteiger partial charge in [-0.25, -0.2) is 13.4 Å². The molecule has 0 saturated carbocycles. The number of ether oxygens (including phenoxy) is 1. The third-order valence-corrected chi connectivity index (χ3v) is 8.47. The molecular formula is C25H27N3O4S2. The molecule has 2 heterocycles. The van der Waals surface area contributed by atoms with E-state index in [1.807, 2.05) is 67.6 Å². The average molecular weight is 498 g/mol. The van der Waals surface area contributed by atoms with E-state index in [2.05, 4.69) is 10.3 Å². The summed E-state index contributed by atoms with van der Waals surface area (Å²) in [7, 11) is -3.60. The summed E-state index contributed by atoms with van der Waals surface area (Å²) in [5, 5.41) is 3.30. The van der Waals surface area contributed by atoms with Gasteiger partial charge in [0.1, 0.15) is 4.90 Å². The standard InChI is InChI=1S/C25H27N3O4S2/c1-19(25(29)27-24(20-8-4-2-5-9-20)21-10-6-3-7-11-21)33-23-13-12-22(18-26-23)34(30,31)28-14-16-32-17-15-28/h2-13,18-19,24H,14-17H2,1H3,(H,27,29). The number of sulfonamides is 1. The first-order valence-corrected chi connectivity index (χ1v) is 13.4. The maximum Gasteiger partial charge on any atom is 0.244 e. The fourth-order valence-corrected chi connectivity index (χ4v) is 5.82. The predicted octanol–water partition coefficient (Wildman–Crippen LogP) is 3.49. The molecular weight excluding hydrogens is 470 g/mol.